The molecule has 1 rings (SSSR count). The zero-order chi connectivity index (χ0) is 12.0. The number of alkyl halides is 1. The summed E-state index contributed by atoms with van der Waals surface area (Å²) in [5.41, 5.74) is 0. The van der Waals surface area contributed by atoms with E-state index in [-0.39, 0.29) is 0 Å². The molecule has 1 aliphatic heterocycles. The van der Waals surface area contributed by atoms with Crippen molar-refractivity contribution in [3.63, 3.8) is 0 Å². The molecule has 1 saturated heterocycles. The Labute approximate surface area is 110 Å². The van der Waals surface area contributed by atoms with Crippen molar-refractivity contribution in [3.8, 4) is 0 Å². The smallest absolute Gasteiger partial charge is 0.00743 e. The molecule has 1 heterocycles. The lowest BCUT2D eigenvalue weighted by Crippen LogP contribution is -2.38. The van der Waals surface area contributed by atoms with Crippen molar-refractivity contribution >= 4 is 15.9 Å². The summed E-state index contributed by atoms with van der Waals surface area (Å²) in [5, 5.41) is 1.15. The van der Waals surface area contributed by atoms with E-state index in [1.807, 2.05) is 0 Å². The van der Waals surface area contributed by atoms with Crippen LogP contribution in [0.4, 0.5) is 0 Å². The Morgan fingerprint density at radius 1 is 1.25 bits per heavy atom. The van der Waals surface area contributed by atoms with E-state index in [2.05, 4.69) is 41.6 Å². The largest absolute Gasteiger partial charge is 0.303 e. The van der Waals surface area contributed by atoms with E-state index in [0.717, 1.165) is 23.1 Å². The second kappa shape index (κ2) is 7.71. The van der Waals surface area contributed by atoms with Crippen molar-refractivity contribution in [2.45, 2.75) is 46.5 Å². The van der Waals surface area contributed by atoms with E-state index < -0.39 is 0 Å². The quantitative estimate of drug-likeness (QED) is 0.664. The third kappa shape index (κ3) is 4.75. The van der Waals surface area contributed by atoms with Gasteiger partial charge in [-0.3, -0.25) is 0 Å². The number of likely N-dealkylation sites (tertiary alicyclic amines) is 1. The Kier molecular flexibility index (Phi) is 6.98. The first-order chi connectivity index (χ1) is 7.67. The molecule has 0 saturated carbocycles. The summed E-state index contributed by atoms with van der Waals surface area (Å²) in [4.78, 5) is 2.68. The molecule has 0 bridgehead atoms. The Balaban J connectivity index is 2.25. The summed E-state index contributed by atoms with van der Waals surface area (Å²) in [6, 6.07) is 0. The van der Waals surface area contributed by atoms with Gasteiger partial charge < -0.3 is 4.90 Å². The van der Waals surface area contributed by atoms with Crippen molar-refractivity contribution < 1.29 is 0 Å². The van der Waals surface area contributed by atoms with Crippen LogP contribution < -0.4 is 0 Å². The normalized spacial score (nSPS) is 21.6. The van der Waals surface area contributed by atoms with Crippen LogP contribution in [0.3, 0.4) is 0 Å². The van der Waals surface area contributed by atoms with Crippen molar-refractivity contribution in [3.05, 3.63) is 0 Å². The van der Waals surface area contributed by atoms with Crippen LogP contribution in [0, 0.1) is 17.8 Å². The number of nitrogens with zero attached hydrogens (tertiary/aromatic N) is 1. The fourth-order valence-electron chi connectivity index (χ4n) is 2.64. The van der Waals surface area contributed by atoms with Gasteiger partial charge in [0.1, 0.15) is 0 Å². The van der Waals surface area contributed by atoms with Crippen molar-refractivity contribution in [1.82, 2.24) is 4.90 Å². The van der Waals surface area contributed by atoms with E-state index in [1.54, 1.807) is 0 Å². The predicted octanol–water partition coefficient (Wildman–Crippen LogP) is 4.17. The van der Waals surface area contributed by atoms with Crippen LogP contribution in [0.15, 0.2) is 0 Å². The maximum atomic E-state index is 3.65. The summed E-state index contributed by atoms with van der Waals surface area (Å²) in [5.74, 6) is 2.64. The molecule has 1 fully saturated rings. The lowest BCUT2D eigenvalue weighted by molar-refractivity contribution is 0.148. The highest BCUT2D eigenvalue weighted by Gasteiger charge is 2.21. The molecule has 0 aliphatic carbocycles. The molecule has 0 aromatic rings. The molecular weight excluding hydrogens is 262 g/mol. The van der Waals surface area contributed by atoms with Gasteiger partial charge in [0.05, 0.1) is 0 Å². The van der Waals surface area contributed by atoms with Gasteiger partial charge in [-0.1, -0.05) is 49.5 Å². The predicted molar refractivity (Wildman–Crippen MR) is 76.2 cm³/mol. The molecule has 2 heteroatoms. The van der Waals surface area contributed by atoms with E-state index in [9.17, 15) is 0 Å². The maximum Gasteiger partial charge on any atom is 0.00743 e. The van der Waals surface area contributed by atoms with Crippen LogP contribution in [0.2, 0.25) is 0 Å². The summed E-state index contributed by atoms with van der Waals surface area (Å²) in [7, 11) is 0. The van der Waals surface area contributed by atoms with Gasteiger partial charge in [-0.25, -0.2) is 0 Å². The minimum atomic E-state index is 0.799. The average Bonchev–Trinajstić information content (AvgIpc) is 2.28. The third-order valence-electron chi connectivity index (χ3n) is 4.04. The maximum absolute atomic E-state index is 3.65. The summed E-state index contributed by atoms with van der Waals surface area (Å²) in [6.45, 7) is 11.0. The summed E-state index contributed by atoms with van der Waals surface area (Å²) >= 11 is 3.65. The molecule has 16 heavy (non-hydrogen) atoms. The molecule has 0 amide bonds. The van der Waals surface area contributed by atoms with Crippen molar-refractivity contribution in [1.29, 1.82) is 0 Å². The van der Waals surface area contributed by atoms with E-state index in [1.165, 1.54) is 45.3 Å². The Hall–Kier alpha value is 0.440. The summed E-state index contributed by atoms with van der Waals surface area (Å²) < 4.78 is 0. The molecule has 0 spiro atoms. The van der Waals surface area contributed by atoms with Gasteiger partial charge in [0.25, 0.3) is 0 Å². The second-order valence-corrected chi connectivity index (χ2v) is 6.34. The number of piperidine rings is 1. The molecule has 1 nitrogen and oxygen atoms in total. The molecule has 0 aromatic carbocycles. The van der Waals surface area contributed by atoms with Crippen molar-refractivity contribution in [2.24, 2.45) is 17.8 Å². The number of halogens is 1. The van der Waals surface area contributed by atoms with Crippen LogP contribution in [-0.4, -0.2) is 29.9 Å². The van der Waals surface area contributed by atoms with Gasteiger partial charge in [0.2, 0.25) is 0 Å². The topological polar surface area (TPSA) is 3.24 Å². The highest BCUT2D eigenvalue weighted by molar-refractivity contribution is 9.09. The lowest BCUT2D eigenvalue weighted by atomic mass is 9.91. The third-order valence-corrected chi connectivity index (χ3v) is 4.87. The van der Waals surface area contributed by atoms with Crippen molar-refractivity contribution in [2.75, 3.05) is 25.0 Å². The molecule has 0 radical (unpaired) electrons. The van der Waals surface area contributed by atoms with Gasteiger partial charge in [-0.15, -0.1) is 0 Å². The first-order valence-corrected chi connectivity index (χ1v) is 8.07. The number of hydrogen-bond acceptors (Lipinski definition) is 1. The van der Waals surface area contributed by atoms with Crippen LogP contribution >= 0.6 is 15.9 Å². The molecule has 1 unspecified atom stereocenters. The average molecular weight is 290 g/mol. The highest BCUT2D eigenvalue weighted by Crippen LogP contribution is 2.24. The molecule has 1 aliphatic rings. The lowest BCUT2D eigenvalue weighted by Gasteiger charge is -2.34. The molecule has 0 N–H and O–H groups in total. The van der Waals surface area contributed by atoms with Gasteiger partial charge in [0, 0.05) is 11.9 Å². The van der Waals surface area contributed by atoms with Crippen LogP contribution in [-0.2, 0) is 0 Å². The van der Waals surface area contributed by atoms with Crippen LogP contribution in [0.1, 0.15) is 46.5 Å². The molecule has 96 valence electrons. The fraction of sp³-hybridized carbons (Fsp3) is 1.00. The first kappa shape index (κ1) is 14.5. The SMILES string of the molecule is CCCC1CCN(CC(CBr)C(C)C)CC1. The van der Waals surface area contributed by atoms with Gasteiger partial charge >= 0.3 is 0 Å². The minimum Gasteiger partial charge on any atom is -0.303 e. The van der Waals surface area contributed by atoms with E-state index in [4.69, 9.17) is 0 Å². The monoisotopic (exact) mass is 289 g/mol. The summed E-state index contributed by atoms with van der Waals surface area (Å²) in [6.07, 6.45) is 5.67. The van der Waals surface area contributed by atoms with Gasteiger partial charge in [-0.2, -0.15) is 0 Å². The Morgan fingerprint density at radius 3 is 2.31 bits per heavy atom. The van der Waals surface area contributed by atoms with Crippen LogP contribution in [0.5, 0.6) is 0 Å². The zero-order valence-corrected chi connectivity index (χ0v) is 12.8. The van der Waals surface area contributed by atoms with Gasteiger partial charge in [0.15, 0.2) is 0 Å². The standard InChI is InChI=1S/C14H28BrN/c1-4-5-13-6-8-16(9-7-13)11-14(10-15)12(2)3/h12-14H,4-11H2,1-3H3. The zero-order valence-electron chi connectivity index (χ0n) is 11.2. The Morgan fingerprint density at radius 2 is 1.88 bits per heavy atom. The highest BCUT2D eigenvalue weighted by atomic mass is 79.9. The number of hydrogen-bond donors (Lipinski definition) is 0. The van der Waals surface area contributed by atoms with E-state index >= 15 is 0 Å². The van der Waals surface area contributed by atoms with E-state index in [0.29, 0.717) is 0 Å². The van der Waals surface area contributed by atoms with Gasteiger partial charge in [-0.05, 0) is 43.7 Å². The molecule has 0 aromatic heterocycles. The Bertz CT molecular complexity index is 174. The molecule has 1 atom stereocenters. The number of rotatable bonds is 6. The second-order valence-electron chi connectivity index (χ2n) is 5.69. The van der Waals surface area contributed by atoms with Crippen LogP contribution in [0.25, 0.3) is 0 Å². The first-order valence-electron chi connectivity index (χ1n) is 6.95. The molecular formula is C14H28BrN. The fourth-order valence-corrected chi connectivity index (χ4v) is 3.59. The minimum absolute atomic E-state index is 0.799.